The van der Waals surface area contributed by atoms with Crippen molar-refractivity contribution < 1.29 is 8.83 Å². The summed E-state index contributed by atoms with van der Waals surface area (Å²) >= 11 is 0. The first kappa shape index (κ1) is 45.2. The zero-order chi connectivity index (χ0) is 52.1. The monoisotopic (exact) mass is 1000 g/mol. The predicted octanol–water partition coefficient (Wildman–Crippen LogP) is 19.7. The van der Waals surface area contributed by atoms with Crippen molar-refractivity contribution in [1.82, 2.24) is 0 Å². The molecule has 0 saturated heterocycles. The molecule has 0 N–H and O–H groups in total. The Balaban J connectivity index is 0.831. The van der Waals surface area contributed by atoms with Gasteiger partial charge in [0, 0.05) is 37.9 Å². The highest BCUT2D eigenvalue weighted by Gasteiger charge is 2.48. The molecule has 0 spiro atoms. The molecule has 0 bridgehead atoms. The van der Waals surface area contributed by atoms with Crippen molar-refractivity contribution in [3.63, 3.8) is 0 Å². The van der Waals surface area contributed by atoms with E-state index in [4.69, 9.17) is 8.83 Å². The van der Waals surface area contributed by atoms with Gasteiger partial charge in [-0.15, -0.1) is 0 Å². The molecule has 2 nitrogen and oxygen atoms in total. The molecular weight excluding hydrogens is 945 g/mol. The highest BCUT2D eigenvalue weighted by molar-refractivity contribution is 6.19. The molecule has 0 radical (unpaired) electrons. The van der Waals surface area contributed by atoms with Crippen LogP contribution in [0.4, 0.5) is 0 Å². The van der Waals surface area contributed by atoms with E-state index >= 15 is 0 Å². The minimum atomic E-state index is -0.613. The maximum atomic E-state index is 6.96. The summed E-state index contributed by atoms with van der Waals surface area (Å²) in [7, 11) is 0. The fourth-order valence-electron chi connectivity index (χ4n) is 14.9. The largest absolute Gasteiger partial charge is 0.456 e. The van der Waals surface area contributed by atoms with Gasteiger partial charge in [0.1, 0.15) is 22.3 Å². The number of rotatable bonds is 8. The zero-order valence-corrected chi connectivity index (χ0v) is 44.3. The van der Waals surface area contributed by atoms with E-state index < -0.39 is 5.41 Å². The average molecular weight is 1000 g/mol. The Morgan fingerprint density at radius 3 is 1.53 bits per heavy atom. The van der Waals surface area contributed by atoms with Crippen LogP contribution in [0.15, 0.2) is 245 Å². The second-order valence-electron chi connectivity index (χ2n) is 23.4. The van der Waals surface area contributed by atoms with Gasteiger partial charge in [0.15, 0.2) is 0 Å². The van der Waals surface area contributed by atoms with Gasteiger partial charge in [-0.05, 0) is 155 Å². The van der Waals surface area contributed by atoms with Crippen LogP contribution in [0.1, 0.15) is 94.8 Å². The Morgan fingerprint density at radius 2 is 0.846 bits per heavy atom. The van der Waals surface area contributed by atoms with Crippen molar-refractivity contribution in [2.75, 3.05) is 0 Å². The highest BCUT2D eigenvalue weighted by atomic mass is 16.3. The zero-order valence-electron chi connectivity index (χ0n) is 44.3. The molecule has 1 unspecified atom stereocenters. The lowest BCUT2D eigenvalue weighted by molar-refractivity contribution is 0.647. The predicted molar refractivity (Wildman–Crippen MR) is 322 cm³/mol. The van der Waals surface area contributed by atoms with Crippen molar-refractivity contribution in [2.45, 2.75) is 62.7 Å². The third-order valence-corrected chi connectivity index (χ3v) is 18.6. The molecule has 3 aliphatic carbocycles. The summed E-state index contributed by atoms with van der Waals surface area (Å²) in [5.41, 5.74) is 27.7. The number of fused-ring (bicyclic) bond motifs is 17. The highest BCUT2D eigenvalue weighted by Crippen LogP contribution is 2.62. The van der Waals surface area contributed by atoms with Gasteiger partial charge in [-0.3, -0.25) is 0 Å². The van der Waals surface area contributed by atoms with Crippen LogP contribution in [0, 0.1) is 0 Å². The topological polar surface area (TPSA) is 26.3 Å². The molecule has 372 valence electrons. The summed E-state index contributed by atoms with van der Waals surface area (Å²) in [5.74, 6) is 0.225. The van der Waals surface area contributed by atoms with Crippen molar-refractivity contribution in [2.24, 2.45) is 0 Å². The molecule has 11 aromatic carbocycles. The molecule has 2 aromatic heterocycles. The summed E-state index contributed by atoms with van der Waals surface area (Å²) in [6.07, 6.45) is 1.79. The first-order valence-corrected chi connectivity index (χ1v) is 27.8. The van der Waals surface area contributed by atoms with Gasteiger partial charge in [0.25, 0.3) is 0 Å². The van der Waals surface area contributed by atoms with Crippen LogP contribution in [0.3, 0.4) is 0 Å². The summed E-state index contributed by atoms with van der Waals surface area (Å²) in [4.78, 5) is 0. The van der Waals surface area contributed by atoms with Gasteiger partial charge in [-0.1, -0.05) is 228 Å². The molecule has 2 heterocycles. The van der Waals surface area contributed by atoms with Crippen LogP contribution in [-0.4, -0.2) is 0 Å². The maximum absolute atomic E-state index is 6.96. The minimum absolute atomic E-state index is 0.158. The standard InChI is InChI=1S/C76H56O2/c1-74(2)60-37-38-68-71(55-29-17-19-31-66(55)77-68)70(60)59-45-62-58(44-63(59)74)53-35-33-46(41-61(53)75(62,3)4)39-50(48-21-9-5-10-22-48)40-47-34-36-54-64(42-47)76(51-25-13-7-14-26-51,52-27-15-8-16-28-52)65-43-57(49-23-11-6-12-24-49)73-72(69(54)65)56-30-18-20-32-67(56)78-73/h5-38,41-45,50H,39-40H2,1-4H3. The molecule has 3 aliphatic rings. The summed E-state index contributed by atoms with van der Waals surface area (Å²) in [5, 5.41) is 4.74. The number of hydrogen-bond acceptors (Lipinski definition) is 2. The summed E-state index contributed by atoms with van der Waals surface area (Å²) in [6.45, 7) is 9.68. The molecule has 1 atom stereocenters. The van der Waals surface area contributed by atoms with Gasteiger partial charge >= 0.3 is 0 Å². The number of hydrogen-bond donors (Lipinski definition) is 0. The molecular formula is C76H56O2. The minimum Gasteiger partial charge on any atom is -0.456 e. The second-order valence-corrected chi connectivity index (χ2v) is 23.4. The molecule has 0 aliphatic heterocycles. The van der Waals surface area contributed by atoms with Crippen molar-refractivity contribution in [1.29, 1.82) is 0 Å². The van der Waals surface area contributed by atoms with Gasteiger partial charge in [0.2, 0.25) is 0 Å². The third-order valence-electron chi connectivity index (χ3n) is 18.6. The Bertz CT molecular complexity index is 4550. The van der Waals surface area contributed by atoms with Crippen LogP contribution >= 0.6 is 0 Å². The van der Waals surface area contributed by atoms with E-state index in [2.05, 4.69) is 264 Å². The van der Waals surface area contributed by atoms with E-state index in [0.717, 1.165) is 51.7 Å². The number of furan rings is 2. The van der Waals surface area contributed by atoms with E-state index in [9.17, 15) is 0 Å². The first-order chi connectivity index (χ1) is 38.2. The molecule has 0 amide bonds. The van der Waals surface area contributed by atoms with Gasteiger partial charge < -0.3 is 8.83 Å². The van der Waals surface area contributed by atoms with Crippen molar-refractivity contribution in [3.05, 3.63) is 298 Å². The smallest absolute Gasteiger partial charge is 0.143 e. The van der Waals surface area contributed by atoms with Gasteiger partial charge in [0.05, 0.1) is 5.41 Å². The second kappa shape index (κ2) is 16.5. The molecule has 0 fully saturated rings. The van der Waals surface area contributed by atoms with Gasteiger partial charge in [-0.25, -0.2) is 0 Å². The van der Waals surface area contributed by atoms with E-state index in [0.29, 0.717) is 0 Å². The molecule has 13 aromatic rings. The quantitative estimate of drug-likeness (QED) is 0.152. The Labute approximate surface area is 455 Å². The Hall–Kier alpha value is -8.98. The Kier molecular flexibility index (Phi) is 9.58. The van der Waals surface area contributed by atoms with Crippen molar-refractivity contribution in [3.8, 4) is 44.5 Å². The van der Waals surface area contributed by atoms with Crippen LogP contribution < -0.4 is 0 Å². The summed E-state index contributed by atoms with van der Waals surface area (Å²) < 4.78 is 13.4. The lowest BCUT2D eigenvalue weighted by atomic mass is 9.67. The van der Waals surface area contributed by atoms with E-state index in [1.165, 1.54) is 111 Å². The van der Waals surface area contributed by atoms with Crippen molar-refractivity contribution >= 4 is 43.9 Å². The van der Waals surface area contributed by atoms with Crippen LogP contribution in [0.25, 0.3) is 88.4 Å². The average Bonchev–Trinajstić information content (AvgIpc) is 3.72. The van der Waals surface area contributed by atoms with E-state index in [1.807, 2.05) is 0 Å². The van der Waals surface area contributed by atoms with E-state index in [-0.39, 0.29) is 16.7 Å². The first-order valence-electron chi connectivity index (χ1n) is 27.8. The van der Waals surface area contributed by atoms with Crippen LogP contribution in [0.2, 0.25) is 0 Å². The Morgan fingerprint density at radius 1 is 0.346 bits per heavy atom. The fourth-order valence-corrected chi connectivity index (χ4v) is 14.9. The molecule has 2 heteroatoms. The van der Waals surface area contributed by atoms with Gasteiger partial charge in [-0.2, -0.15) is 0 Å². The number of benzene rings is 11. The molecule has 16 rings (SSSR count). The molecule has 0 saturated carbocycles. The maximum Gasteiger partial charge on any atom is 0.143 e. The van der Waals surface area contributed by atoms with Crippen LogP contribution in [-0.2, 0) is 29.1 Å². The third kappa shape index (κ3) is 6.26. The molecule has 78 heavy (non-hydrogen) atoms. The van der Waals surface area contributed by atoms with Crippen LogP contribution in [0.5, 0.6) is 0 Å². The SMILES string of the molecule is CC1(C)c2cc(CC(Cc3ccc4c(c3)C(c3ccccc3)(c3ccccc3)c3cc(-c5ccccc5)c5oc6ccccc6c5c3-4)c3ccccc3)ccc2-c2cc3c(cc21)-c1c(ccc2oc4ccccc4c12)C3(C)C. The fraction of sp³-hybridized carbons (Fsp3) is 0.132. The summed E-state index contributed by atoms with van der Waals surface area (Å²) in [6, 6.07) is 88.6. The lowest BCUT2D eigenvalue weighted by Crippen LogP contribution is -2.28. The lowest BCUT2D eigenvalue weighted by Gasteiger charge is -2.34. The number of para-hydroxylation sites is 2. The van der Waals surface area contributed by atoms with E-state index in [1.54, 1.807) is 0 Å². The normalized spacial score (nSPS) is 15.3.